The first-order valence-electron chi connectivity index (χ1n) is 9.99. The second-order valence-electron chi connectivity index (χ2n) is 7.27. The molecule has 0 aliphatic heterocycles. The highest BCUT2D eigenvalue weighted by Crippen LogP contribution is 2.36. The summed E-state index contributed by atoms with van der Waals surface area (Å²) >= 11 is 0. The van der Waals surface area contributed by atoms with Crippen molar-refractivity contribution in [3.05, 3.63) is 108 Å². The zero-order chi connectivity index (χ0) is 20.9. The molecule has 0 atom stereocenters. The smallest absolute Gasteiger partial charge is 0.119 e. The molecule has 3 nitrogen and oxygen atoms in total. The van der Waals surface area contributed by atoms with E-state index in [0.29, 0.717) is 0 Å². The van der Waals surface area contributed by atoms with Crippen molar-refractivity contribution in [1.82, 2.24) is 0 Å². The number of hydrogen-bond acceptors (Lipinski definition) is 3. The van der Waals surface area contributed by atoms with E-state index in [4.69, 9.17) is 4.74 Å². The summed E-state index contributed by atoms with van der Waals surface area (Å²) in [5.41, 5.74) is 7.67. The van der Waals surface area contributed by atoms with Gasteiger partial charge in [0.2, 0.25) is 0 Å². The zero-order valence-corrected chi connectivity index (χ0v) is 17.2. The van der Waals surface area contributed by atoms with Crippen LogP contribution < -0.4 is 9.64 Å². The van der Waals surface area contributed by atoms with Gasteiger partial charge in [0.05, 0.1) is 13.7 Å². The minimum Gasteiger partial charge on any atom is -0.497 e. The van der Waals surface area contributed by atoms with Crippen LogP contribution in [0.15, 0.2) is 97.1 Å². The number of rotatable bonds is 6. The highest BCUT2D eigenvalue weighted by atomic mass is 16.5. The molecule has 3 heteroatoms. The molecule has 30 heavy (non-hydrogen) atoms. The number of methoxy groups -OCH3 is 1. The lowest BCUT2D eigenvalue weighted by atomic mass is 10.0. The third-order valence-corrected chi connectivity index (χ3v) is 5.22. The summed E-state index contributed by atoms with van der Waals surface area (Å²) in [5, 5.41) is 9.39. The van der Waals surface area contributed by atoms with Gasteiger partial charge in [0.25, 0.3) is 0 Å². The van der Waals surface area contributed by atoms with Gasteiger partial charge in [0, 0.05) is 17.1 Å². The quantitative estimate of drug-likeness (QED) is 0.397. The molecule has 0 amide bonds. The molecular weight excluding hydrogens is 370 g/mol. The van der Waals surface area contributed by atoms with Crippen LogP contribution >= 0.6 is 0 Å². The fourth-order valence-electron chi connectivity index (χ4n) is 3.48. The monoisotopic (exact) mass is 395 g/mol. The number of anilines is 3. The van der Waals surface area contributed by atoms with Crippen molar-refractivity contribution in [2.75, 3.05) is 12.0 Å². The predicted molar refractivity (Wildman–Crippen MR) is 124 cm³/mol. The molecule has 0 aromatic heterocycles. The molecule has 0 spiro atoms. The SMILES string of the molecule is COc1ccc(N(c2ccc(CO)cc2)c2ccc(-c3ccc(C)cc3)cc2)cc1. The Morgan fingerprint density at radius 3 is 1.53 bits per heavy atom. The van der Waals surface area contributed by atoms with Crippen molar-refractivity contribution in [3.63, 3.8) is 0 Å². The van der Waals surface area contributed by atoms with Crippen LogP contribution in [0, 0.1) is 6.92 Å². The molecule has 0 fully saturated rings. The Balaban J connectivity index is 1.73. The van der Waals surface area contributed by atoms with Crippen LogP contribution in [-0.4, -0.2) is 12.2 Å². The van der Waals surface area contributed by atoms with E-state index in [1.165, 1.54) is 16.7 Å². The summed E-state index contributed by atoms with van der Waals surface area (Å²) < 4.78 is 5.32. The molecule has 150 valence electrons. The summed E-state index contributed by atoms with van der Waals surface area (Å²) in [6.07, 6.45) is 0. The van der Waals surface area contributed by atoms with Gasteiger partial charge in [-0.2, -0.15) is 0 Å². The maximum absolute atomic E-state index is 9.39. The number of aliphatic hydroxyl groups is 1. The highest BCUT2D eigenvalue weighted by molar-refractivity contribution is 5.78. The fourth-order valence-corrected chi connectivity index (χ4v) is 3.48. The van der Waals surface area contributed by atoms with Crippen molar-refractivity contribution >= 4 is 17.1 Å². The van der Waals surface area contributed by atoms with E-state index in [9.17, 15) is 5.11 Å². The Hall–Kier alpha value is -3.56. The molecule has 1 N–H and O–H groups in total. The van der Waals surface area contributed by atoms with Crippen LogP contribution in [0.3, 0.4) is 0 Å². The fraction of sp³-hybridized carbons (Fsp3) is 0.111. The van der Waals surface area contributed by atoms with E-state index in [-0.39, 0.29) is 6.61 Å². The number of ether oxygens (including phenoxy) is 1. The number of benzene rings is 4. The molecule has 0 unspecified atom stereocenters. The molecule has 4 rings (SSSR count). The molecule has 0 saturated heterocycles. The van der Waals surface area contributed by atoms with Crippen LogP contribution in [0.1, 0.15) is 11.1 Å². The average molecular weight is 396 g/mol. The normalized spacial score (nSPS) is 10.6. The van der Waals surface area contributed by atoms with Crippen LogP contribution in [0.4, 0.5) is 17.1 Å². The van der Waals surface area contributed by atoms with Gasteiger partial charge >= 0.3 is 0 Å². The van der Waals surface area contributed by atoms with Crippen LogP contribution in [-0.2, 0) is 6.61 Å². The van der Waals surface area contributed by atoms with Gasteiger partial charge in [-0.25, -0.2) is 0 Å². The van der Waals surface area contributed by atoms with Crippen molar-refractivity contribution in [2.45, 2.75) is 13.5 Å². The van der Waals surface area contributed by atoms with Crippen molar-refractivity contribution in [1.29, 1.82) is 0 Å². The lowest BCUT2D eigenvalue weighted by molar-refractivity contribution is 0.282. The third kappa shape index (κ3) is 4.22. The lowest BCUT2D eigenvalue weighted by Crippen LogP contribution is -2.10. The molecule has 0 bridgehead atoms. The Kier molecular flexibility index (Phi) is 5.82. The number of hydrogen-bond donors (Lipinski definition) is 1. The Labute approximate surface area is 177 Å². The molecule has 4 aromatic rings. The van der Waals surface area contributed by atoms with Crippen molar-refractivity contribution in [2.24, 2.45) is 0 Å². The minimum absolute atomic E-state index is 0.0358. The van der Waals surface area contributed by atoms with E-state index >= 15 is 0 Å². The first kappa shape index (κ1) is 19.7. The van der Waals surface area contributed by atoms with Crippen molar-refractivity contribution < 1.29 is 9.84 Å². The largest absolute Gasteiger partial charge is 0.497 e. The second-order valence-corrected chi connectivity index (χ2v) is 7.27. The summed E-state index contributed by atoms with van der Waals surface area (Å²) in [6, 6.07) is 33.1. The molecule has 0 radical (unpaired) electrons. The molecule has 4 aromatic carbocycles. The molecule has 0 heterocycles. The summed E-state index contributed by atoms with van der Waals surface area (Å²) in [5.74, 6) is 0.823. The Morgan fingerprint density at radius 2 is 1.07 bits per heavy atom. The maximum atomic E-state index is 9.39. The summed E-state index contributed by atoms with van der Waals surface area (Å²) in [7, 11) is 1.67. The van der Waals surface area contributed by atoms with Crippen LogP contribution in [0.5, 0.6) is 5.75 Å². The number of nitrogens with zero attached hydrogens (tertiary/aromatic N) is 1. The van der Waals surface area contributed by atoms with Gasteiger partial charge in [0.1, 0.15) is 5.75 Å². The topological polar surface area (TPSA) is 32.7 Å². The van der Waals surface area contributed by atoms with Crippen molar-refractivity contribution in [3.8, 4) is 16.9 Å². The van der Waals surface area contributed by atoms with Crippen LogP contribution in [0.25, 0.3) is 11.1 Å². The van der Waals surface area contributed by atoms with Gasteiger partial charge in [-0.15, -0.1) is 0 Å². The summed E-state index contributed by atoms with van der Waals surface area (Å²) in [4.78, 5) is 2.19. The second kappa shape index (κ2) is 8.85. The van der Waals surface area contributed by atoms with Crippen LogP contribution in [0.2, 0.25) is 0 Å². The highest BCUT2D eigenvalue weighted by Gasteiger charge is 2.13. The molecule has 0 aliphatic rings. The van der Waals surface area contributed by atoms with E-state index < -0.39 is 0 Å². The van der Waals surface area contributed by atoms with E-state index in [2.05, 4.69) is 60.4 Å². The average Bonchev–Trinajstić information content (AvgIpc) is 2.81. The minimum atomic E-state index is 0.0358. The first-order valence-corrected chi connectivity index (χ1v) is 9.99. The van der Waals surface area contributed by atoms with E-state index in [0.717, 1.165) is 28.4 Å². The Morgan fingerprint density at radius 1 is 0.633 bits per heavy atom. The van der Waals surface area contributed by atoms with Gasteiger partial charge < -0.3 is 14.7 Å². The maximum Gasteiger partial charge on any atom is 0.119 e. The molecule has 0 saturated carbocycles. The van der Waals surface area contributed by atoms with E-state index in [1.807, 2.05) is 48.5 Å². The van der Waals surface area contributed by atoms with Gasteiger partial charge in [-0.3, -0.25) is 0 Å². The number of aliphatic hydroxyl groups excluding tert-OH is 1. The van der Waals surface area contributed by atoms with Gasteiger partial charge in [0.15, 0.2) is 0 Å². The predicted octanol–water partition coefficient (Wildman–Crippen LogP) is 6.63. The molecule has 0 aliphatic carbocycles. The van der Waals surface area contributed by atoms with E-state index in [1.54, 1.807) is 7.11 Å². The lowest BCUT2D eigenvalue weighted by Gasteiger charge is -2.26. The standard InChI is InChI=1S/C27H25NO2/c1-20-3-7-22(8-4-20)23-9-13-25(14-10-23)28(24-11-5-21(19-29)6-12-24)26-15-17-27(30-2)18-16-26/h3-18,29H,19H2,1-2H3. The van der Waals surface area contributed by atoms with Gasteiger partial charge in [-0.05, 0) is 72.1 Å². The summed E-state index contributed by atoms with van der Waals surface area (Å²) in [6.45, 7) is 2.13. The Bertz CT molecular complexity index is 1040. The molecular formula is C27H25NO2. The third-order valence-electron chi connectivity index (χ3n) is 5.22. The first-order chi connectivity index (χ1) is 14.7. The van der Waals surface area contributed by atoms with Gasteiger partial charge in [-0.1, -0.05) is 54.1 Å². The number of aryl methyl sites for hydroxylation is 1. The zero-order valence-electron chi connectivity index (χ0n) is 17.2.